The molecule has 4 heterocycles. The highest BCUT2D eigenvalue weighted by molar-refractivity contribution is 7.10. The van der Waals surface area contributed by atoms with Crippen molar-refractivity contribution < 1.29 is 4.79 Å². The molecule has 0 saturated carbocycles. The second kappa shape index (κ2) is 6.94. The zero-order chi connectivity index (χ0) is 17.1. The standard InChI is InChI=1S/C19H16N4OS/c24-18(6-5-15-4-2-10-25-15)23-9-7-17-16(12-23)19(22-13-21-17)14-3-1-8-20-11-14/h1-6,8,10-11,13H,7,9,12H2/b6-5+. The third kappa shape index (κ3) is 3.34. The van der Waals surface area contributed by atoms with Gasteiger partial charge in [0, 0.05) is 54.0 Å². The van der Waals surface area contributed by atoms with Crippen molar-refractivity contribution in [3.63, 3.8) is 0 Å². The number of thiophene rings is 1. The maximum Gasteiger partial charge on any atom is 0.246 e. The average Bonchev–Trinajstić information content (AvgIpc) is 3.19. The van der Waals surface area contributed by atoms with Gasteiger partial charge in [-0.1, -0.05) is 6.07 Å². The van der Waals surface area contributed by atoms with Crippen molar-refractivity contribution >= 4 is 23.3 Å². The Bertz CT molecular complexity index is 906. The van der Waals surface area contributed by atoms with Crippen LogP contribution in [0.1, 0.15) is 16.1 Å². The topological polar surface area (TPSA) is 59.0 Å². The first kappa shape index (κ1) is 15.7. The SMILES string of the molecule is O=C(/C=C/c1cccs1)N1CCc2ncnc(-c3cccnc3)c2C1. The second-order valence-corrected chi connectivity index (χ2v) is 6.73. The Hall–Kier alpha value is -2.86. The zero-order valence-corrected chi connectivity index (χ0v) is 14.3. The molecule has 3 aromatic heterocycles. The Balaban J connectivity index is 1.59. The number of hydrogen-bond acceptors (Lipinski definition) is 5. The number of carbonyl (C=O) groups excluding carboxylic acids is 1. The zero-order valence-electron chi connectivity index (χ0n) is 13.5. The minimum Gasteiger partial charge on any atom is -0.334 e. The third-order valence-corrected chi connectivity index (χ3v) is 5.02. The molecule has 1 amide bonds. The van der Waals surface area contributed by atoms with Gasteiger partial charge in [0.25, 0.3) is 0 Å². The molecule has 0 spiro atoms. The summed E-state index contributed by atoms with van der Waals surface area (Å²) in [5, 5.41) is 2.00. The highest BCUT2D eigenvalue weighted by Gasteiger charge is 2.23. The van der Waals surface area contributed by atoms with Gasteiger partial charge in [0.1, 0.15) is 6.33 Å². The molecule has 0 radical (unpaired) electrons. The fourth-order valence-corrected chi connectivity index (χ4v) is 3.54. The molecular weight excluding hydrogens is 332 g/mol. The Morgan fingerprint density at radius 2 is 2.20 bits per heavy atom. The smallest absolute Gasteiger partial charge is 0.246 e. The molecule has 0 atom stereocenters. The molecule has 1 aliphatic heterocycles. The lowest BCUT2D eigenvalue weighted by Crippen LogP contribution is -2.35. The number of hydrogen-bond donors (Lipinski definition) is 0. The number of amides is 1. The molecule has 0 saturated heterocycles. The van der Waals surface area contributed by atoms with E-state index < -0.39 is 0 Å². The average molecular weight is 348 g/mol. The van der Waals surface area contributed by atoms with Crippen LogP contribution < -0.4 is 0 Å². The highest BCUT2D eigenvalue weighted by atomic mass is 32.1. The number of rotatable bonds is 3. The van der Waals surface area contributed by atoms with E-state index in [2.05, 4.69) is 15.0 Å². The van der Waals surface area contributed by atoms with Crippen LogP contribution in [0.25, 0.3) is 17.3 Å². The van der Waals surface area contributed by atoms with Gasteiger partial charge in [-0.05, 0) is 29.7 Å². The van der Waals surface area contributed by atoms with E-state index in [1.165, 1.54) is 0 Å². The summed E-state index contributed by atoms with van der Waals surface area (Å²) in [5.74, 6) is 0.0139. The summed E-state index contributed by atoms with van der Waals surface area (Å²) >= 11 is 1.62. The second-order valence-electron chi connectivity index (χ2n) is 5.75. The van der Waals surface area contributed by atoms with Crippen molar-refractivity contribution in [2.24, 2.45) is 0 Å². The molecule has 3 aromatic rings. The van der Waals surface area contributed by atoms with Crippen molar-refractivity contribution in [3.8, 4) is 11.3 Å². The highest BCUT2D eigenvalue weighted by Crippen LogP contribution is 2.27. The van der Waals surface area contributed by atoms with E-state index in [9.17, 15) is 4.79 Å². The van der Waals surface area contributed by atoms with Crippen LogP contribution in [-0.2, 0) is 17.8 Å². The van der Waals surface area contributed by atoms with E-state index >= 15 is 0 Å². The van der Waals surface area contributed by atoms with Gasteiger partial charge in [-0.25, -0.2) is 9.97 Å². The normalized spacial score (nSPS) is 13.8. The predicted octanol–water partition coefficient (Wildman–Crippen LogP) is 3.20. The molecule has 0 bridgehead atoms. The first-order valence-corrected chi connectivity index (χ1v) is 8.93. The van der Waals surface area contributed by atoms with Crippen LogP contribution in [0, 0.1) is 0 Å². The summed E-state index contributed by atoms with van der Waals surface area (Å²) in [7, 11) is 0. The van der Waals surface area contributed by atoms with Crippen LogP contribution in [0.5, 0.6) is 0 Å². The molecule has 1 aliphatic rings. The summed E-state index contributed by atoms with van der Waals surface area (Å²) in [4.78, 5) is 28.5. The first-order valence-electron chi connectivity index (χ1n) is 8.05. The minimum absolute atomic E-state index is 0.0139. The van der Waals surface area contributed by atoms with Gasteiger partial charge in [-0.2, -0.15) is 0 Å². The predicted molar refractivity (Wildman–Crippen MR) is 97.7 cm³/mol. The van der Waals surface area contributed by atoms with Gasteiger partial charge in [-0.3, -0.25) is 9.78 Å². The molecule has 5 nitrogen and oxygen atoms in total. The van der Waals surface area contributed by atoms with Gasteiger partial charge in [0.05, 0.1) is 11.4 Å². The lowest BCUT2D eigenvalue weighted by molar-refractivity contribution is -0.126. The molecule has 0 aliphatic carbocycles. The van der Waals surface area contributed by atoms with Crippen LogP contribution >= 0.6 is 11.3 Å². The molecule has 0 fully saturated rings. The summed E-state index contributed by atoms with van der Waals surface area (Å²) in [6.07, 6.45) is 9.37. The van der Waals surface area contributed by atoms with E-state index in [0.717, 1.165) is 33.8 Å². The van der Waals surface area contributed by atoms with E-state index in [-0.39, 0.29) is 5.91 Å². The molecule has 25 heavy (non-hydrogen) atoms. The number of aromatic nitrogens is 3. The van der Waals surface area contributed by atoms with Crippen LogP contribution in [-0.4, -0.2) is 32.3 Å². The molecule has 0 aromatic carbocycles. The lowest BCUT2D eigenvalue weighted by Gasteiger charge is -2.28. The van der Waals surface area contributed by atoms with Crippen molar-refractivity contribution in [1.29, 1.82) is 0 Å². The number of fused-ring (bicyclic) bond motifs is 1. The van der Waals surface area contributed by atoms with Crippen LogP contribution in [0.3, 0.4) is 0 Å². The van der Waals surface area contributed by atoms with E-state index in [0.29, 0.717) is 13.1 Å². The Kier molecular flexibility index (Phi) is 4.35. The number of carbonyl (C=O) groups is 1. The van der Waals surface area contributed by atoms with Gasteiger partial charge in [-0.15, -0.1) is 11.3 Å². The lowest BCUT2D eigenvalue weighted by atomic mass is 10.00. The Morgan fingerprint density at radius 1 is 1.24 bits per heavy atom. The molecule has 0 unspecified atom stereocenters. The largest absolute Gasteiger partial charge is 0.334 e. The van der Waals surface area contributed by atoms with Crippen molar-refractivity contribution in [2.75, 3.05) is 6.54 Å². The number of pyridine rings is 1. The summed E-state index contributed by atoms with van der Waals surface area (Å²) in [5.41, 5.74) is 3.84. The van der Waals surface area contributed by atoms with Crippen molar-refractivity contribution in [3.05, 3.63) is 70.6 Å². The van der Waals surface area contributed by atoms with Gasteiger partial charge in [0.15, 0.2) is 0 Å². The van der Waals surface area contributed by atoms with Crippen LogP contribution in [0.2, 0.25) is 0 Å². The summed E-state index contributed by atoms with van der Waals surface area (Å²) < 4.78 is 0. The first-order chi connectivity index (χ1) is 12.3. The molecule has 0 N–H and O–H groups in total. The van der Waals surface area contributed by atoms with E-state index in [1.807, 2.05) is 40.6 Å². The molecular formula is C19H16N4OS. The maximum absolute atomic E-state index is 12.5. The Labute approximate surface area is 149 Å². The fourth-order valence-electron chi connectivity index (χ4n) is 2.93. The third-order valence-electron chi connectivity index (χ3n) is 4.18. The van der Waals surface area contributed by atoms with Crippen molar-refractivity contribution in [2.45, 2.75) is 13.0 Å². The minimum atomic E-state index is 0.0139. The fraction of sp³-hybridized carbons (Fsp3) is 0.158. The van der Waals surface area contributed by atoms with Crippen LogP contribution in [0.4, 0.5) is 0 Å². The van der Waals surface area contributed by atoms with Gasteiger partial charge < -0.3 is 4.90 Å². The maximum atomic E-state index is 12.5. The Morgan fingerprint density at radius 3 is 3.00 bits per heavy atom. The molecule has 124 valence electrons. The monoisotopic (exact) mass is 348 g/mol. The number of nitrogens with zero attached hydrogens (tertiary/aromatic N) is 4. The molecule has 6 heteroatoms. The van der Waals surface area contributed by atoms with Crippen molar-refractivity contribution in [1.82, 2.24) is 19.9 Å². The van der Waals surface area contributed by atoms with Gasteiger partial charge >= 0.3 is 0 Å². The summed E-state index contributed by atoms with van der Waals surface area (Å²) in [6, 6.07) is 7.84. The van der Waals surface area contributed by atoms with E-state index in [1.54, 1.807) is 36.1 Å². The van der Waals surface area contributed by atoms with E-state index in [4.69, 9.17) is 0 Å². The van der Waals surface area contributed by atoms with Gasteiger partial charge in [0.2, 0.25) is 5.91 Å². The quantitative estimate of drug-likeness (QED) is 0.682. The van der Waals surface area contributed by atoms with Crippen LogP contribution in [0.15, 0.2) is 54.4 Å². The summed E-state index contributed by atoms with van der Waals surface area (Å²) in [6.45, 7) is 1.19. The molecule has 4 rings (SSSR count).